The van der Waals surface area contributed by atoms with Gasteiger partial charge in [0, 0.05) is 36.6 Å². The van der Waals surface area contributed by atoms with Crippen molar-refractivity contribution in [3.63, 3.8) is 0 Å². The molecule has 0 aliphatic carbocycles. The molecule has 0 bridgehead atoms. The van der Waals surface area contributed by atoms with Gasteiger partial charge in [-0.15, -0.1) is 18.2 Å². The zero-order valence-corrected chi connectivity index (χ0v) is 43.9. The topological polar surface area (TPSA) is 56.7 Å². The zero-order chi connectivity index (χ0) is 50.1. The molecule has 0 atom stereocenters. The van der Waals surface area contributed by atoms with E-state index in [1.165, 1.54) is 40.6 Å². The third-order valence-corrected chi connectivity index (χ3v) is 15.9. The van der Waals surface area contributed by atoms with Gasteiger partial charge in [0.2, 0.25) is 5.71 Å². The molecule has 4 heterocycles. The number of halogens is 1. The van der Waals surface area contributed by atoms with Crippen molar-refractivity contribution < 1.29 is 35.8 Å². The van der Waals surface area contributed by atoms with Crippen LogP contribution in [0.1, 0.15) is 109 Å². The summed E-state index contributed by atoms with van der Waals surface area (Å²) in [5.41, 5.74) is 11.9. The molecule has 8 heteroatoms. The summed E-state index contributed by atoms with van der Waals surface area (Å²) in [6, 6.07) is 36.6. The molecule has 0 unspecified atom stereocenters. The Hall–Kier alpha value is -4.95. The van der Waals surface area contributed by atoms with E-state index in [2.05, 4.69) is 118 Å². The van der Waals surface area contributed by atoms with Crippen molar-refractivity contribution in [3.8, 4) is 28.3 Å². The van der Waals surface area contributed by atoms with Gasteiger partial charge in [0.05, 0.1) is 28.0 Å². The summed E-state index contributed by atoms with van der Waals surface area (Å²) >= 11 is -2.32. The average Bonchev–Trinajstić information content (AvgIpc) is 3.85. The monoisotopic (exact) mass is 1110 g/mol. The van der Waals surface area contributed by atoms with Crippen molar-refractivity contribution in [2.75, 3.05) is 0 Å². The Bertz CT molecular complexity index is 3350. The van der Waals surface area contributed by atoms with Gasteiger partial charge in [-0.25, -0.2) is 9.37 Å². The van der Waals surface area contributed by atoms with Gasteiger partial charge in [0.1, 0.15) is 5.82 Å². The third kappa shape index (κ3) is 9.80. The fourth-order valence-electron chi connectivity index (χ4n) is 8.35. The molecule has 0 aliphatic heterocycles. The van der Waals surface area contributed by atoms with Crippen LogP contribution < -0.4 is 4.40 Å². The molecule has 0 N–H and O–H groups in total. The number of para-hydroxylation sites is 2. The van der Waals surface area contributed by atoms with Crippen LogP contribution in [-0.4, -0.2) is 32.8 Å². The molecule has 0 saturated carbocycles. The number of rotatable bonds is 8. The third-order valence-electron chi connectivity index (χ3n) is 11.7. The molecule has 0 spiro atoms. The normalized spacial score (nSPS) is 13.8. The molecule has 337 valence electrons. The van der Waals surface area contributed by atoms with Gasteiger partial charge < -0.3 is 8.98 Å². The fourth-order valence-corrected chi connectivity index (χ4v) is 11.3. The predicted octanol–water partition coefficient (Wildman–Crippen LogP) is 15.2. The standard InChI is InChI=1S/C38H35FN3O.C19H26GeN.Ir/c1-21(2)28-19-24(38(5,6)7)20-29(22(3)4)34(28)42-33-14-9-8-13-32(33)40-36(42)27-12-10-11-26-30-18-23-17-25(39)15-16-31(23)41-37(30)43-35(26)27;1-14(2)11-17-12-19(16-9-7-15(3)8-10-16)21-13-18(17)20(4,5)6;/h8-11,13-22H,1-7H3;7-9,12-14H,11H2,1-6H3;/q2*-1;/i;3D3,11D2;. The number of nitrogens with zero attached hydrogens (tertiary/aromatic N) is 4. The summed E-state index contributed by atoms with van der Waals surface area (Å²) in [7, 11) is 0. The number of fused-ring (bicyclic) bond motifs is 5. The largest absolute Gasteiger partial charge is 0 e. The number of hydrogen-bond acceptors (Lipinski definition) is 4. The number of pyridine rings is 2. The maximum atomic E-state index is 14.1. The second-order valence-corrected chi connectivity index (χ2v) is 30.4. The van der Waals surface area contributed by atoms with Gasteiger partial charge in [-0.1, -0.05) is 83.7 Å². The van der Waals surface area contributed by atoms with Gasteiger partial charge in [-0.05, 0) is 70.3 Å². The number of aryl methyl sites for hydroxylation is 1. The number of hydrogen-bond donors (Lipinski definition) is 0. The molecule has 9 rings (SSSR count). The summed E-state index contributed by atoms with van der Waals surface area (Å²) in [5.74, 6) is 7.58. The van der Waals surface area contributed by atoms with Crippen LogP contribution in [0.15, 0.2) is 108 Å². The number of benzene rings is 5. The van der Waals surface area contributed by atoms with E-state index in [9.17, 15) is 4.39 Å². The molecule has 0 fully saturated rings. The molecule has 5 nitrogen and oxygen atoms in total. The van der Waals surface area contributed by atoms with Crippen LogP contribution in [0.2, 0.25) is 17.3 Å². The minimum atomic E-state index is -2.32. The Morgan fingerprint density at radius 1 is 0.831 bits per heavy atom. The van der Waals surface area contributed by atoms with E-state index >= 15 is 0 Å². The van der Waals surface area contributed by atoms with Crippen molar-refractivity contribution in [1.29, 1.82) is 0 Å². The zero-order valence-electron chi connectivity index (χ0n) is 44.5. The maximum absolute atomic E-state index is 14.1. The Morgan fingerprint density at radius 3 is 2.18 bits per heavy atom. The fraction of sp³-hybridized carbons (Fsp3) is 0.316. The first-order chi connectivity index (χ1) is 32.2. The second-order valence-electron chi connectivity index (χ2n) is 19.9. The minimum Gasteiger partial charge on any atom is 0 e. The molecule has 5 aromatic carbocycles. The van der Waals surface area contributed by atoms with Crippen molar-refractivity contribution in [1.82, 2.24) is 19.5 Å². The van der Waals surface area contributed by atoms with Gasteiger partial charge in [0.15, 0.2) is 0 Å². The first-order valence-electron chi connectivity index (χ1n) is 24.8. The Labute approximate surface area is 408 Å². The Morgan fingerprint density at radius 2 is 1.55 bits per heavy atom. The molecular formula is C57H61FGeIrN4O-2. The van der Waals surface area contributed by atoms with E-state index in [-0.39, 0.29) is 54.7 Å². The van der Waals surface area contributed by atoms with Crippen LogP contribution in [0.3, 0.4) is 0 Å². The van der Waals surface area contributed by atoms with Gasteiger partial charge in [-0.2, -0.15) is 0 Å². The minimum absolute atomic E-state index is 0. The van der Waals surface area contributed by atoms with Crippen LogP contribution >= 0.6 is 0 Å². The molecule has 0 aliphatic rings. The molecular weight excluding hydrogens is 1040 g/mol. The molecule has 4 aromatic heterocycles. The summed E-state index contributed by atoms with van der Waals surface area (Å²) in [4.78, 5) is 14.5. The van der Waals surface area contributed by atoms with Crippen LogP contribution in [0.4, 0.5) is 4.39 Å². The molecule has 0 saturated heterocycles. The number of furan rings is 1. The smallest absolute Gasteiger partial charge is 0 e. The van der Waals surface area contributed by atoms with Crippen molar-refractivity contribution >= 4 is 61.7 Å². The predicted molar refractivity (Wildman–Crippen MR) is 270 cm³/mol. The maximum Gasteiger partial charge on any atom is 0 e. The summed E-state index contributed by atoms with van der Waals surface area (Å²) in [6.45, 7) is 17.5. The van der Waals surface area contributed by atoms with Gasteiger partial charge >= 0.3 is 139 Å². The van der Waals surface area contributed by atoms with E-state index < -0.39 is 26.5 Å². The van der Waals surface area contributed by atoms with E-state index in [0.717, 1.165) is 43.0 Å². The van der Waals surface area contributed by atoms with Crippen molar-refractivity contribution in [2.24, 2.45) is 5.92 Å². The van der Waals surface area contributed by atoms with Crippen LogP contribution in [-0.2, 0) is 31.9 Å². The first-order valence-corrected chi connectivity index (χ1v) is 29.6. The summed E-state index contributed by atoms with van der Waals surface area (Å²) in [5, 5.41) is 2.47. The number of aromatic nitrogens is 4. The van der Waals surface area contributed by atoms with Crippen LogP contribution in [0.5, 0.6) is 0 Å². The Kier molecular flexibility index (Phi) is 12.0. The average molecular weight is 1110 g/mol. The SMILES string of the molecule is CC(C)c1cc(C(C)(C)C)cc(C(C)C)c1-n1c(-c2[c-]ccc3c2oc2nc4ccc(F)cc4cc23)nc2ccccc21.[2H]C([2H])([2H])c1c[c-]c(-c2cc(C([2H])([2H])C(C)C)[c]([Ge]([CH3])([CH3])[CH3])cn2)cc1.[Ir]. The van der Waals surface area contributed by atoms with E-state index in [4.69, 9.17) is 21.2 Å². The van der Waals surface area contributed by atoms with Crippen molar-refractivity contribution in [2.45, 2.75) is 110 Å². The van der Waals surface area contributed by atoms with Gasteiger partial charge in [0.25, 0.3) is 0 Å². The first kappa shape index (κ1) is 41.5. The van der Waals surface area contributed by atoms with Crippen molar-refractivity contribution in [3.05, 3.63) is 149 Å². The van der Waals surface area contributed by atoms with E-state index in [1.807, 2.05) is 50.4 Å². The van der Waals surface area contributed by atoms with E-state index in [0.29, 0.717) is 33.6 Å². The summed E-state index contributed by atoms with van der Waals surface area (Å²) in [6.07, 6.45) is 0.362. The molecule has 1 radical (unpaired) electrons. The second kappa shape index (κ2) is 18.7. The molecule has 0 amide bonds. The van der Waals surface area contributed by atoms with Gasteiger partial charge in [-0.3, -0.25) is 4.98 Å². The Balaban J connectivity index is 0.000000231. The van der Waals surface area contributed by atoms with Crippen LogP contribution in [0.25, 0.3) is 72.3 Å². The quantitative estimate of drug-likeness (QED) is 0.112. The summed E-state index contributed by atoms with van der Waals surface area (Å²) < 4.78 is 63.5. The molecule has 65 heavy (non-hydrogen) atoms. The molecule has 9 aromatic rings. The van der Waals surface area contributed by atoms with E-state index in [1.54, 1.807) is 18.2 Å². The van der Waals surface area contributed by atoms with Crippen LogP contribution in [0, 0.1) is 30.7 Å². The number of imidazole rings is 1.